The predicted molar refractivity (Wildman–Crippen MR) is 100 cm³/mol. The Kier molecular flexibility index (Phi) is 5.14. The first-order valence-corrected chi connectivity index (χ1v) is 9.86. The molecule has 1 spiro atoms. The number of fused-ring (bicyclic) bond motifs is 2. The quantitative estimate of drug-likeness (QED) is 0.838. The van der Waals surface area contributed by atoms with Crippen molar-refractivity contribution in [2.24, 2.45) is 0 Å². The number of benzene rings is 1. The van der Waals surface area contributed by atoms with Gasteiger partial charge in [0.2, 0.25) is 0 Å². The minimum atomic E-state index is 0.383. The van der Waals surface area contributed by atoms with Crippen LogP contribution in [0.2, 0.25) is 0 Å². The van der Waals surface area contributed by atoms with Crippen LogP contribution in [0, 0.1) is 6.92 Å². The van der Waals surface area contributed by atoms with E-state index in [2.05, 4.69) is 34.9 Å². The Morgan fingerprint density at radius 3 is 2.64 bits per heavy atom. The van der Waals surface area contributed by atoms with Crippen LogP contribution < -0.4 is 0 Å². The van der Waals surface area contributed by atoms with Gasteiger partial charge in [0.05, 0.1) is 19.8 Å². The number of ether oxygens (including phenoxy) is 2. The Morgan fingerprint density at radius 1 is 1.16 bits per heavy atom. The molecular formula is C21H32N2O2. The van der Waals surface area contributed by atoms with Crippen molar-refractivity contribution in [2.45, 2.75) is 37.6 Å². The molecule has 138 valence electrons. The SMILES string of the molecule is COCCN1CCC2(CC1)C[C@H](N1CCOCC1)c1ccc(C)cc12. The molecule has 2 aliphatic heterocycles. The summed E-state index contributed by atoms with van der Waals surface area (Å²) in [7, 11) is 1.80. The lowest BCUT2D eigenvalue weighted by atomic mass is 9.73. The van der Waals surface area contributed by atoms with Crippen molar-refractivity contribution in [3.05, 3.63) is 34.9 Å². The summed E-state index contributed by atoms with van der Waals surface area (Å²) < 4.78 is 10.9. The van der Waals surface area contributed by atoms with Crippen LogP contribution >= 0.6 is 0 Å². The highest BCUT2D eigenvalue weighted by Crippen LogP contribution is 2.53. The summed E-state index contributed by atoms with van der Waals surface area (Å²) in [6.07, 6.45) is 3.87. The van der Waals surface area contributed by atoms with Crippen LogP contribution in [0.5, 0.6) is 0 Å². The van der Waals surface area contributed by atoms with E-state index in [1.807, 2.05) is 0 Å². The van der Waals surface area contributed by atoms with Crippen LogP contribution in [0.1, 0.15) is 42.0 Å². The number of rotatable bonds is 4. The average Bonchev–Trinajstić information content (AvgIpc) is 2.96. The lowest BCUT2D eigenvalue weighted by molar-refractivity contribution is 0.0100. The van der Waals surface area contributed by atoms with Crippen LogP contribution in [0.25, 0.3) is 0 Å². The van der Waals surface area contributed by atoms with E-state index in [1.165, 1.54) is 37.9 Å². The Balaban J connectivity index is 1.56. The highest BCUT2D eigenvalue weighted by Gasteiger charge is 2.47. The Labute approximate surface area is 152 Å². The van der Waals surface area contributed by atoms with Crippen molar-refractivity contribution >= 4 is 0 Å². The van der Waals surface area contributed by atoms with Crippen LogP contribution in [-0.4, -0.2) is 69.5 Å². The van der Waals surface area contributed by atoms with Gasteiger partial charge in [-0.25, -0.2) is 0 Å². The first-order chi connectivity index (χ1) is 12.2. The number of hydrogen-bond acceptors (Lipinski definition) is 4. The normalized spacial score (nSPS) is 26.9. The standard InChI is InChI=1S/C21H32N2O2/c1-17-3-4-18-19(15-17)21(5-7-22(8-6-21)9-12-24-2)16-20(18)23-10-13-25-14-11-23/h3-4,15,20H,5-14,16H2,1-2H3/t20-/m0/s1. The smallest absolute Gasteiger partial charge is 0.0594 e. The lowest BCUT2D eigenvalue weighted by Crippen LogP contribution is -2.44. The van der Waals surface area contributed by atoms with Gasteiger partial charge in [0, 0.05) is 32.8 Å². The first kappa shape index (κ1) is 17.5. The van der Waals surface area contributed by atoms with Gasteiger partial charge in [-0.15, -0.1) is 0 Å². The topological polar surface area (TPSA) is 24.9 Å². The molecule has 1 atom stereocenters. The van der Waals surface area contributed by atoms with Crippen molar-refractivity contribution in [1.82, 2.24) is 9.80 Å². The summed E-state index contributed by atoms with van der Waals surface area (Å²) in [5.74, 6) is 0. The number of likely N-dealkylation sites (tertiary alicyclic amines) is 1. The fourth-order valence-electron chi connectivity index (χ4n) is 5.12. The maximum Gasteiger partial charge on any atom is 0.0594 e. The van der Waals surface area contributed by atoms with Crippen molar-refractivity contribution in [3.63, 3.8) is 0 Å². The molecule has 2 fully saturated rings. The van der Waals surface area contributed by atoms with Crippen molar-refractivity contribution in [1.29, 1.82) is 0 Å². The summed E-state index contributed by atoms with van der Waals surface area (Å²) in [4.78, 5) is 5.25. The Hall–Kier alpha value is -0.940. The average molecular weight is 344 g/mol. The number of methoxy groups -OCH3 is 1. The van der Waals surface area contributed by atoms with Gasteiger partial charge >= 0.3 is 0 Å². The minimum Gasteiger partial charge on any atom is -0.383 e. The Morgan fingerprint density at radius 2 is 1.92 bits per heavy atom. The number of morpholine rings is 1. The lowest BCUT2D eigenvalue weighted by Gasteiger charge is -2.41. The van der Waals surface area contributed by atoms with Crippen molar-refractivity contribution < 1.29 is 9.47 Å². The summed E-state index contributed by atoms with van der Waals surface area (Å²) in [5, 5.41) is 0. The summed E-state index contributed by atoms with van der Waals surface area (Å²) in [6, 6.07) is 7.79. The molecule has 0 aromatic heterocycles. The number of piperidine rings is 1. The second-order valence-corrected chi connectivity index (χ2v) is 8.07. The number of hydrogen-bond donors (Lipinski definition) is 0. The van der Waals surface area contributed by atoms with Gasteiger partial charge in [-0.1, -0.05) is 23.8 Å². The summed E-state index contributed by atoms with van der Waals surface area (Å²) in [6.45, 7) is 10.5. The molecule has 2 saturated heterocycles. The van der Waals surface area contributed by atoms with Crippen molar-refractivity contribution in [3.8, 4) is 0 Å². The molecule has 0 radical (unpaired) electrons. The molecule has 2 heterocycles. The van der Waals surface area contributed by atoms with Gasteiger partial charge in [0.15, 0.2) is 0 Å². The van der Waals surface area contributed by atoms with E-state index in [4.69, 9.17) is 9.47 Å². The summed E-state index contributed by atoms with van der Waals surface area (Å²) >= 11 is 0. The molecule has 4 rings (SSSR count). The van der Waals surface area contributed by atoms with Gasteiger partial charge in [-0.3, -0.25) is 4.90 Å². The molecule has 1 aromatic rings. The number of aryl methyl sites for hydroxylation is 1. The second kappa shape index (κ2) is 7.36. The van der Waals surface area contributed by atoms with E-state index < -0.39 is 0 Å². The minimum absolute atomic E-state index is 0.383. The highest BCUT2D eigenvalue weighted by molar-refractivity contribution is 5.45. The van der Waals surface area contributed by atoms with Gasteiger partial charge in [-0.2, -0.15) is 0 Å². The highest BCUT2D eigenvalue weighted by atomic mass is 16.5. The molecule has 1 aromatic carbocycles. The van der Waals surface area contributed by atoms with E-state index in [-0.39, 0.29) is 0 Å². The van der Waals surface area contributed by atoms with Gasteiger partial charge < -0.3 is 14.4 Å². The van der Waals surface area contributed by atoms with Crippen LogP contribution in [0.15, 0.2) is 18.2 Å². The van der Waals surface area contributed by atoms with Crippen LogP contribution in [0.3, 0.4) is 0 Å². The third-order valence-corrected chi connectivity index (χ3v) is 6.63. The zero-order valence-electron chi connectivity index (χ0n) is 15.8. The zero-order valence-corrected chi connectivity index (χ0v) is 15.8. The Bertz CT molecular complexity index is 590. The molecule has 0 amide bonds. The molecule has 1 aliphatic carbocycles. The number of nitrogens with zero attached hydrogens (tertiary/aromatic N) is 2. The van der Waals surface area contributed by atoms with Crippen molar-refractivity contribution in [2.75, 3.05) is 59.7 Å². The van der Waals surface area contributed by atoms with E-state index in [9.17, 15) is 0 Å². The molecular weight excluding hydrogens is 312 g/mol. The van der Waals surface area contributed by atoms with Gasteiger partial charge in [-0.05, 0) is 55.8 Å². The summed E-state index contributed by atoms with van der Waals surface area (Å²) in [5.41, 5.74) is 5.03. The molecule has 0 N–H and O–H groups in total. The molecule has 0 saturated carbocycles. The fraction of sp³-hybridized carbons (Fsp3) is 0.714. The largest absolute Gasteiger partial charge is 0.383 e. The van der Waals surface area contributed by atoms with Gasteiger partial charge in [0.1, 0.15) is 0 Å². The predicted octanol–water partition coefficient (Wildman–Crippen LogP) is 2.75. The first-order valence-electron chi connectivity index (χ1n) is 9.86. The van der Waals surface area contributed by atoms with Crippen LogP contribution in [-0.2, 0) is 14.9 Å². The molecule has 3 aliphatic rings. The third kappa shape index (κ3) is 3.37. The maximum absolute atomic E-state index is 5.59. The molecule has 4 nitrogen and oxygen atoms in total. The fourth-order valence-corrected chi connectivity index (χ4v) is 5.12. The van der Waals surface area contributed by atoms with Gasteiger partial charge in [0.25, 0.3) is 0 Å². The second-order valence-electron chi connectivity index (χ2n) is 8.07. The van der Waals surface area contributed by atoms with E-state index in [1.54, 1.807) is 18.2 Å². The van der Waals surface area contributed by atoms with E-state index >= 15 is 0 Å². The van der Waals surface area contributed by atoms with E-state index in [0.717, 1.165) is 39.5 Å². The van der Waals surface area contributed by atoms with E-state index in [0.29, 0.717) is 11.5 Å². The third-order valence-electron chi connectivity index (χ3n) is 6.63. The van der Waals surface area contributed by atoms with Crippen LogP contribution in [0.4, 0.5) is 0 Å². The molecule has 0 bridgehead atoms. The molecule has 4 heteroatoms. The molecule has 0 unspecified atom stereocenters. The molecule has 25 heavy (non-hydrogen) atoms. The zero-order chi connectivity index (χ0) is 17.3. The maximum atomic E-state index is 5.59. The monoisotopic (exact) mass is 344 g/mol.